The first-order valence-electron chi connectivity index (χ1n) is 7.37. The van der Waals surface area contributed by atoms with Crippen molar-refractivity contribution in [1.82, 2.24) is 10.3 Å². The van der Waals surface area contributed by atoms with Crippen LogP contribution in [0.4, 0.5) is 0 Å². The van der Waals surface area contributed by atoms with E-state index in [0.29, 0.717) is 5.56 Å². The molecule has 2 atom stereocenters. The standard InChI is InChI=1S/C18H18N2O2/c21-12-13-6-7-17(8-13)20-18(22)16-9-15(10-19-11-16)14-4-2-1-3-5-14/h1-7,9-11,13,17,21H,8,12H2,(H,20,22)/t13-,17+/m0/s1. The summed E-state index contributed by atoms with van der Waals surface area (Å²) in [4.78, 5) is 16.5. The highest BCUT2D eigenvalue weighted by atomic mass is 16.3. The monoisotopic (exact) mass is 294 g/mol. The summed E-state index contributed by atoms with van der Waals surface area (Å²) in [6.45, 7) is 0.119. The Kier molecular flexibility index (Phi) is 4.30. The number of carbonyl (C=O) groups is 1. The van der Waals surface area contributed by atoms with Gasteiger partial charge in [-0.05, 0) is 18.1 Å². The normalized spacial score (nSPS) is 20.0. The van der Waals surface area contributed by atoms with Gasteiger partial charge in [0.25, 0.3) is 5.91 Å². The highest BCUT2D eigenvalue weighted by Gasteiger charge is 2.20. The van der Waals surface area contributed by atoms with Gasteiger partial charge in [-0.1, -0.05) is 42.5 Å². The van der Waals surface area contributed by atoms with Gasteiger partial charge in [-0.2, -0.15) is 0 Å². The zero-order valence-corrected chi connectivity index (χ0v) is 12.1. The number of benzene rings is 1. The molecule has 0 unspecified atom stereocenters. The number of hydrogen-bond acceptors (Lipinski definition) is 3. The van der Waals surface area contributed by atoms with E-state index in [4.69, 9.17) is 5.11 Å². The lowest BCUT2D eigenvalue weighted by molar-refractivity contribution is 0.0940. The van der Waals surface area contributed by atoms with E-state index in [1.54, 1.807) is 12.4 Å². The Morgan fingerprint density at radius 2 is 2.00 bits per heavy atom. The summed E-state index contributed by atoms with van der Waals surface area (Å²) >= 11 is 0. The van der Waals surface area contributed by atoms with Crippen molar-refractivity contribution in [2.75, 3.05) is 6.61 Å². The first-order chi connectivity index (χ1) is 10.8. The van der Waals surface area contributed by atoms with E-state index in [1.165, 1.54) is 0 Å². The Hall–Kier alpha value is -2.46. The van der Waals surface area contributed by atoms with Gasteiger partial charge >= 0.3 is 0 Å². The maximum Gasteiger partial charge on any atom is 0.253 e. The quantitative estimate of drug-likeness (QED) is 0.851. The number of nitrogens with zero attached hydrogens (tertiary/aromatic N) is 1. The average molecular weight is 294 g/mol. The van der Waals surface area contributed by atoms with Crippen molar-refractivity contribution in [3.8, 4) is 11.1 Å². The molecule has 0 bridgehead atoms. The second kappa shape index (κ2) is 6.54. The first-order valence-corrected chi connectivity index (χ1v) is 7.37. The summed E-state index contributed by atoms with van der Waals surface area (Å²) < 4.78 is 0. The van der Waals surface area contributed by atoms with Gasteiger partial charge in [0.15, 0.2) is 0 Å². The fraction of sp³-hybridized carbons (Fsp3) is 0.222. The molecule has 2 aromatic rings. The Bertz CT molecular complexity index is 682. The molecule has 0 saturated carbocycles. The van der Waals surface area contributed by atoms with Crippen LogP contribution in [-0.4, -0.2) is 28.6 Å². The summed E-state index contributed by atoms with van der Waals surface area (Å²) in [7, 11) is 0. The molecule has 1 aromatic carbocycles. The molecule has 1 heterocycles. The van der Waals surface area contributed by atoms with E-state index in [1.807, 2.05) is 48.6 Å². The summed E-state index contributed by atoms with van der Waals surface area (Å²) in [5.74, 6) is -0.00222. The van der Waals surface area contributed by atoms with E-state index in [-0.39, 0.29) is 24.5 Å². The third-order valence-corrected chi connectivity index (χ3v) is 3.83. The van der Waals surface area contributed by atoms with Crippen LogP contribution in [0.5, 0.6) is 0 Å². The van der Waals surface area contributed by atoms with Gasteiger partial charge in [0.2, 0.25) is 0 Å². The SMILES string of the molecule is O=C(N[C@@H]1C=C[C@H](CO)C1)c1cncc(-c2ccccc2)c1. The predicted octanol–water partition coefficient (Wildman–Crippen LogP) is 2.42. The highest BCUT2D eigenvalue weighted by molar-refractivity contribution is 5.95. The smallest absolute Gasteiger partial charge is 0.253 e. The molecule has 1 amide bonds. The Balaban J connectivity index is 1.72. The summed E-state index contributed by atoms with van der Waals surface area (Å²) in [5.41, 5.74) is 2.50. The summed E-state index contributed by atoms with van der Waals surface area (Å²) in [6, 6.07) is 11.7. The van der Waals surface area contributed by atoms with Crippen LogP contribution in [0.15, 0.2) is 60.9 Å². The van der Waals surface area contributed by atoms with Gasteiger partial charge in [-0.3, -0.25) is 9.78 Å². The van der Waals surface area contributed by atoms with Gasteiger partial charge in [-0.25, -0.2) is 0 Å². The third kappa shape index (κ3) is 3.23. The van der Waals surface area contributed by atoms with Gasteiger partial charge in [0, 0.05) is 36.5 Å². The maximum atomic E-state index is 12.3. The molecular formula is C18H18N2O2. The van der Waals surface area contributed by atoms with Gasteiger partial charge in [-0.15, -0.1) is 0 Å². The number of amides is 1. The number of aromatic nitrogens is 1. The Labute approximate surface area is 129 Å². The van der Waals surface area contributed by atoms with E-state index < -0.39 is 0 Å². The zero-order chi connectivity index (χ0) is 15.4. The molecule has 0 aliphatic heterocycles. The van der Waals surface area contributed by atoms with Crippen LogP contribution < -0.4 is 5.32 Å². The van der Waals surface area contributed by atoms with Crippen LogP contribution in [0.3, 0.4) is 0 Å². The van der Waals surface area contributed by atoms with Crippen LogP contribution >= 0.6 is 0 Å². The molecule has 1 aliphatic carbocycles. The molecule has 3 rings (SSSR count). The van der Waals surface area contributed by atoms with Gasteiger partial charge < -0.3 is 10.4 Å². The molecule has 0 spiro atoms. The minimum atomic E-state index is -0.140. The second-order valence-corrected chi connectivity index (χ2v) is 5.47. The van der Waals surface area contributed by atoms with Crippen LogP contribution in [0.1, 0.15) is 16.8 Å². The van der Waals surface area contributed by atoms with Crippen LogP contribution in [-0.2, 0) is 0 Å². The van der Waals surface area contributed by atoms with Crippen molar-refractivity contribution < 1.29 is 9.90 Å². The molecule has 112 valence electrons. The van der Waals surface area contributed by atoms with E-state index in [9.17, 15) is 4.79 Å². The van der Waals surface area contributed by atoms with Crippen LogP contribution in [0, 0.1) is 5.92 Å². The maximum absolute atomic E-state index is 12.3. The van der Waals surface area contributed by atoms with Crippen molar-refractivity contribution in [3.05, 3.63) is 66.5 Å². The second-order valence-electron chi connectivity index (χ2n) is 5.47. The molecule has 4 heteroatoms. The molecule has 0 radical (unpaired) electrons. The predicted molar refractivity (Wildman–Crippen MR) is 85.3 cm³/mol. The van der Waals surface area contributed by atoms with Crippen LogP contribution in [0.2, 0.25) is 0 Å². The number of carbonyl (C=O) groups excluding carboxylic acids is 1. The molecule has 0 fully saturated rings. The number of rotatable bonds is 4. The van der Waals surface area contributed by atoms with E-state index >= 15 is 0 Å². The summed E-state index contributed by atoms with van der Waals surface area (Å²) in [5, 5.41) is 12.1. The number of hydrogen-bond donors (Lipinski definition) is 2. The first kappa shape index (κ1) is 14.5. The molecule has 1 aromatic heterocycles. The summed E-state index contributed by atoms with van der Waals surface area (Å²) in [6.07, 6.45) is 7.96. The van der Waals surface area contributed by atoms with Crippen LogP contribution in [0.25, 0.3) is 11.1 Å². The molecule has 2 N–H and O–H groups in total. The lowest BCUT2D eigenvalue weighted by Gasteiger charge is -2.13. The molecule has 22 heavy (non-hydrogen) atoms. The van der Waals surface area contributed by atoms with Crippen molar-refractivity contribution in [2.45, 2.75) is 12.5 Å². The number of pyridine rings is 1. The molecule has 4 nitrogen and oxygen atoms in total. The topological polar surface area (TPSA) is 62.2 Å². The minimum absolute atomic E-state index is 0.0231. The molecular weight excluding hydrogens is 276 g/mol. The zero-order valence-electron chi connectivity index (χ0n) is 12.1. The molecule has 1 aliphatic rings. The lowest BCUT2D eigenvalue weighted by Crippen LogP contribution is -2.33. The molecule has 0 saturated heterocycles. The number of aliphatic hydroxyl groups excluding tert-OH is 1. The number of nitrogens with one attached hydrogen (secondary N) is 1. The Morgan fingerprint density at radius 3 is 2.73 bits per heavy atom. The number of aliphatic hydroxyl groups is 1. The van der Waals surface area contributed by atoms with Gasteiger partial charge in [0.1, 0.15) is 0 Å². The van der Waals surface area contributed by atoms with E-state index in [2.05, 4.69) is 10.3 Å². The van der Waals surface area contributed by atoms with E-state index in [0.717, 1.165) is 17.5 Å². The van der Waals surface area contributed by atoms with Crippen molar-refractivity contribution in [2.24, 2.45) is 5.92 Å². The van der Waals surface area contributed by atoms with Gasteiger partial charge in [0.05, 0.1) is 5.56 Å². The Morgan fingerprint density at radius 1 is 1.18 bits per heavy atom. The van der Waals surface area contributed by atoms with Crippen molar-refractivity contribution in [3.63, 3.8) is 0 Å². The van der Waals surface area contributed by atoms with Crippen molar-refractivity contribution in [1.29, 1.82) is 0 Å². The minimum Gasteiger partial charge on any atom is -0.396 e. The largest absolute Gasteiger partial charge is 0.396 e. The lowest BCUT2D eigenvalue weighted by atomic mass is 10.1. The average Bonchev–Trinajstić information content (AvgIpc) is 3.03. The van der Waals surface area contributed by atoms with Crippen molar-refractivity contribution >= 4 is 5.91 Å². The fourth-order valence-electron chi connectivity index (χ4n) is 2.62. The fourth-order valence-corrected chi connectivity index (χ4v) is 2.62. The highest BCUT2D eigenvalue weighted by Crippen LogP contribution is 2.20. The third-order valence-electron chi connectivity index (χ3n) is 3.83.